The fraction of sp³-hybridized carbons (Fsp3) is 0.222. The third-order valence-corrected chi connectivity index (χ3v) is 6.60. The van der Waals surface area contributed by atoms with Crippen LogP contribution in [-0.4, -0.2) is 30.4 Å². The van der Waals surface area contributed by atoms with Crippen molar-refractivity contribution in [3.8, 4) is 12.3 Å². The summed E-state index contributed by atoms with van der Waals surface area (Å²) in [6, 6.07) is 23.3. The Morgan fingerprint density at radius 1 is 1.03 bits per heavy atom. The molecule has 3 nitrogen and oxygen atoms in total. The molecule has 1 amide bonds. The van der Waals surface area contributed by atoms with Gasteiger partial charge in [0.05, 0.1) is 22.7 Å². The topological polar surface area (TPSA) is 23.6 Å². The van der Waals surface area contributed by atoms with Crippen molar-refractivity contribution >= 4 is 34.8 Å². The van der Waals surface area contributed by atoms with Crippen molar-refractivity contribution in [3.05, 3.63) is 99.5 Å². The molecule has 3 aromatic rings. The number of halogens is 2. The van der Waals surface area contributed by atoms with E-state index < -0.39 is 0 Å². The number of nitrogens with zero attached hydrogens (tertiary/aromatic N) is 2. The van der Waals surface area contributed by atoms with Crippen molar-refractivity contribution in [2.75, 3.05) is 24.5 Å². The second kappa shape index (κ2) is 9.69. The maximum absolute atomic E-state index is 13.4. The van der Waals surface area contributed by atoms with Crippen LogP contribution in [0.25, 0.3) is 0 Å². The summed E-state index contributed by atoms with van der Waals surface area (Å²) in [5, 5.41) is 1.29. The molecule has 1 aliphatic rings. The predicted octanol–water partition coefficient (Wildman–Crippen LogP) is 6.17. The maximum atomic E-state index is 13.4. The van der Waals surface area contributed by atoms with Gasteiger partial charge in [0.25, 0.3) is 0 Å². The third-order valence-electron chi connectivity index (χ3n) is 6.04. The van der Waals surface area contributed by atoms with E-state index in [1.54, 1.807) is 0 Å². The van der Waals surface area contributed by atoms with E-state index in [1.165, 1.54) is 0 Å². The highest BCUT2D eigenvalue weighted by Gasteiger charge is 2.33. The average Bonchev–Trinajstić information content (AvgIpc) is 2.84. The monoisotopic (exact) mass is 462 g/mol. The molecule has 5 heteroatoms. The molecule has 0 bridgehead atoms. The fourth-order valence-electron chi connectivity index (χ4n) is 4.23. The number of anilines is 1. The number of benzene rings is 3. The van der Waals surface area contributed by atoms with Gasteiger partial charge in [-0.2, -0.15) is 0 Å². The van der Waals surface area contributed by atoms with Crippen LogP contribution in [0, 0.1) is 12.3 Å². The van der Waals surface area contributed by atoms with Crippen molar-refractivity contribution in [2.24, 2.45) is 0 Å². The molecule has 0 aromatic heterocycles. The number of hydrogen-bond donors (Lipinski definition) is 0. The van der Waals surface area contributed by atoms with E-state index >= 15 is 0 Å². The first-order chi connectivity index (χ1) is 15.5. The Bertz CT molecular complexity index is 1140. The normalized spacial score (nSPS) is 17.0. The van der Waals surface area contributed by atoms with Gasteiger partial charge in [0.15, 0.2) is 0 Å². The van der Waals surface area contributed by atoms with Crippen LogP contribution in [0.3, 0.4) is 0 Å². The van der Waals surface area contributed by atoms with Crippen molar-refractivity contribution in [1.82, 2.24) is 4.90 Å². The van der Waals surface area contributed by atoms with Gasteiger partial charge in [-0.15, -0.1) is 6.42 Å². The van der Waals surface area contributed by atoms with Gasteiger partial charge in [0.2, 0.25) is 5.91 Å². The van der Waals surface area contributed by atoms with Gasteiger partial charge in [-0.05, 0) is 48.4 Å². The van der Waals surface area contributed by atoms with E-state index in [0.717, 1.165) is 22.4 Å². The van der Waals surface area contributed by atoms with E-state index in [1.807, 2.05) is 84.6 Å². The van der Waals surface area contributed by atoms with E-state index in [4.69, 9.17) is 29.6 Å². The van der Waals surface area contributed by atoms with Crippen LogP contribution in [0.15, 0.2) is 72.8 Å². The summed E-state index contributed by atoms with van der Waals surface area (Å²) in [5.41, 5.74) is 3.76. The van der Waals surface area contributed by atoms with E-state index in [2.05, 4.69) is 10.8 Å². The first-order valence-electron chi connectivity index (χ1n) is 10.6. The molecule has 1 heterocycles. The largest absolute Gasteiger partial charge is 0.360 e. The standard InChI is InChI=1S/C27H24Cl2N2O/c1-3-20-9-14-25(24(29)17-20)31-16-15-30(18-26(31)22-10-12-23(28)13-11-22)27(32)19(2)21-7-5-4-6-8-21/h1,4-14,17,19,26H,15-16,18H2,2H3/t19-,26?/m0/s1. The van der Waals surface area contributed by atoms with Crippen molar-refractivity contribution < 1.29 is 4.79 Å². The van der Waals surface area contributed by atoms with Gasteiger partial charge in [-0.25, -0.2) is 0 Å². The van der Waals surface area contributed by atoms with Crippen molar-refractivity contribution in [2.45, 2.75) is 18.9 Å². The van der Waals surface area contributed by atoms with Gasteiger partial charge >= 0.3 is 0 Å². The lowest BCUT2D eigenvalue weighted by atomic mass is 9.97. The molecule has 2 atom stereocenters. The minimum atomic E-state index is -0.202. The molecule has 0 spiro atoms. The molecule has 0 radical (unpaired) electrons. The van der Waals surface area contributed by atoms with Crippen LogP contribution >= 0.6 is 23.2 Å². The van der Waals surface area contributed by atoms with Crippen LogP contribution in [0.1, 0.15) is 35.6 Å². The van der Waals surface area contributed by atoms with Crippen LogP contribution in [0.4, 0.5) is 5.69 Å². The summed E-state index contributed by atoms with van der Waals surface area (Å²) in [4.78, 5) is 17.6. The number of terminal acetylenes is 1. The average molecular weight is 463 g/mol. The Kier molecular flexibility index (Phi) is 6.74. The molecule has 3 aromatic carbocycles. The molecular formula is C27H24Cl2N2O. The summed E-state index contributed by atoms with van der Waals surface area (Å²) in [6.07, 6.45) is 5.53. The van der Waals surface area contributed by atoms with Crippen molar-refractivity contribution in [3.63, 3.8) is 0 Å². The summed E-state index contributed by atoms with van der Waals surface area (Å²) in [7, 11) is 0. The second-order valence-corrected chi connectivity index (χ2v) is 8.83. The molecule has 1 fully saturated rings. The van der Waals surface area contributed by atoms with Gasteiger partial charge in [0, 0.05) is 30.2 Å². The van der Waals surface area contributed by atoms with Gasteiger partial charge < -0.3 is 9.80 Å². The number of amides is 1. The van der Waals surface area contributed by atoms with E-state index in [0.29, 0.717) is 29.7 Å². The molecule has 1 saturated heterocycles. The zero-order valence-electron chi connectivity index (χ0n) is 17.8. The summed E-state index contributed by atoms with van der Waals surface area (Å²) >= 11 is 12.7. The Balaban J connectivity index is 1.64. The zero-order valence-corrected chi connectivity index (χ0v) is 19.4. The molecule has 32 heavy (non-hydrogen) atoms. The molecule has 1 unspecified atom stereocenters. The van der Waals surface area contributed by atoms with E-state index in [-0.39, 0.29) is 17.9 Å². The quantitative estimate of drug-likeness (QED) is 0.432. The highest BCUT2D eigenvalue weighted by Crippen LogP contribution is 2.36. The van der Waals surface area contributed by atoms with Gasteiger partial charge in [-0.1, -0.05) is 71.6 Å². The van der Waals surface area contributed by atoms with Crippen LogP contribution in [0.5, 0.6) is 0 Å². The minimum absolute atomic E-state index is 0.0536. The SMILES string of the molecule is C#Cc1ccc(N2CCN(C(=O)[C@@H](C)c3ccccc3)CC2c2ccc(Cl)cc2)c(Cl)c1. The summed E-state index contributed by atoms with van der Waals surface area (Å²) in [6.45, 7) is 3.81. The number of hydrogen-bond acceptors (Lipinski definition) is 2. The molecule has 0 aliphatic carbocycles. The predicted molar refractivity (Wildman–Crippen MR) is 132 cm³/mol. The Hall–Kier alpha value is -2.93. The zero-order chi connectivity index (χ0) is 22.7. The Morgan fingerprint density at radius 3 is 2.41 bits per heavy atom. The fourth-order valence-corrected chi connectivity index (χ4v) is 4.64. The molecular weight excluding hydrogens is 439 g/mol. The Morgan fingerprint density at radius 2 is 1.75 bits per heavy atom. The first-order valence-corrected chi connectivity index (χ1v) is 11.4. The minimum Gasteiger partial charge on any atom is -0.360 e. The molecule has 1 aliphatic heterocycles. The molecule has 0 N–H and O–H groups in total. The number of carbonyl (C=O) groups excluding carboxylic acids is 1. The Labute approximate surface area is 199 Å². The van der Waals surface area contributed by atoms with Crippen molar-refractivity contribution in [1.29, 1.82) is 0 Å². The van der Waals surface area contributed by atoms with Gasteiger partial charge in [-0.3, -0.25) is 4.79 Å². The van der Waals surface area contributed by atoms with Crippen LogP contribution in [-0.2, 0) is 4.79 Å². The summed E-state index contributed by atoms with van der Waals surface area (Å²) in [5.74, 6) is 2.55. The third kappa shape index (κ3) is 4.63. The number of rotatable bonds is 4. The van der Waals surface area contributed by atoms with E-state index in [9.17, 15) is 4.79 Å². The highest BCUT2D eigenvalue weighted by molar-refractivity contribution is 6.33. The lowest BCUT2D eigenvalue weighted by molar-refractivity contribution is -0.133. The van der Waals surface area contributed by atoms with Gasteiger partial charge in [0.1, 0.15) is 0 Å². The highest BCUT2D eigenvalue weighted by atomic mass is 35.5. The second-order valence-electron chi connectivity index (χ2n) is 7.99. The molecule has 0 saturated carbocycles. The number of carbonyl (C=O) groups is 1. The molecule has 162 valence electrons. The first kappa shape index (κ1) is 22.3. The number of piperazine rings is 1. The lowest BCUT2D eigenvalue weighted by Gasteiger charge is -2.44. The smallest absolute Gasteiger partial charge is 0.229 e. The molecule has 4 rings (SSSR count). The van der Waals surface area contributed by atoms with Crippen LogP contribution in [0.2, 0.25) is 10.0 Å². The van der Waals surface area contributed by atoms with Crippen LogP contribution < -0.4 is 4.90 Å². The summed E-state index contributed by atoms with van der Waals surface area (Å²) < 4.78 is 0. The lowest BCUT2D eigenvalue weighted by Crippen LogP contribution is -2.51. The maximum Gasteiger partial charge on any atom is 0.229 e.